The number of aliphatic imine (C=N–C) groups is 1. The predicted molar refractivity (Wildman–Crippen MR) is 215 cm³/mol. The van der Waals surface area contributed by atoms with Crippen LogP contribution in [0.25, 0.3) is 6.08 Å². The van der Waals surface area contributed by atoms with Crippen LogP contribution in [0.4, 0.5) is 0 Å². The van der Waals surface area contributed by atoms with E-state index >= 15 is 0 Å². The first-order valence-electron chi connectivity index (χ1n) is 20.2. The number of fused-ring (bicyclic) bond motifs is 4. The minimum atomic E-state index is -1.22. The van der Waals surface area contributed by atoms with Gasteiger partial charge >= 0.3 is 5.97 Å². The lowest BCUT2D eigenvalue weighted by Gasteiger charge is -2.63. The van der Waals surface area contributed by atoms with E-state index in [1.54, 1.807) is 0 Å². The SMILES string of the molecule is CC(C)CCCC(=CC(O)C(CN=C(N)N)C(C)C1CC(O)C2(C)C3=C(C(=O)CC12C)C1(C)CCC(=O)C(C)(C)C1C(C=Cc1ccccc1)C3O)C(=O)O. The molecule has 302 valence electrons. The van der Waals surface area contributed by atoms with Crippen molar-refractivity contribution in [1.82, 2.24) is 0 Å². The van der Waals surface area contributed by atoms with Crippen molar-refractivity contribution in [2.75, 3.05) is 6.54 Å². The lowest BCUT2D eigenvalue weighted by atomic mass is 9.40. The topological polar surface area (TPSA) is 197 Å². The normalized spacial score (nSPS) is 34.9. The average molecular weight is 760 g/mol. The Morgan fingerprint density at radius 3 is 2.29 bits per heavy atom. The van der Waals surface area contributed by atoms with Gasteiger partial charge in [0.25, 0.3) is 0 Å². The molecular formula is C45H65N3O7. The molecule has 0 bridgehead atoms. The first-order chi connectivity index (χ1) is 25.6. The molecule has 2 saturated carbocycles. The summed E-state index contributed by atoms with van der Waals surface area (Å²) >= 11 is 0. The van der Waals surface area contributed by atoms with Gasteiger partial charge in [-0.1, -0.05) is 104 Å². The molecule has 0 spiro atoms. The molecule has 1 aromatic rings. The summed E-state index contributed by atoms with van der Waals surface area (Å²) in [6, 6.07) is 9.79. The Hall–Kier alpha value is -3.60. The van der Waals surface area contributed by atoms with Gasteiger partial charge in [0.05, 0.1) is 18.3 Å². The number of ketones is 2. The number of hydrogen-bond donors (Lipinski definition) is 6. The summed E-state index contributed by atoms with van der Waals surface area (Å²) in [5.41, 5.74) is 10.3. The maximum Gasteiger partial charge on any atom is 0.331 e. The third kappa shape index (κ3) is 7.39. The Kier molecular flexibility index (Phi) is 12.2. The van der Waals surface area contributed by atoms with Gasteiger partial charge in [-0.15, -0.1) is 0 Å². The number of guanidine groups is 1. The number of nitrogens with two attached hydrogens (primary N) is 2. The largest absolute Gasteiger partial charge is 0.478 e. The molecule has 4 aliphatic carbocycles. The van der Waals surface area contributed by atoms with Crippen LogP contribution in [-0.4, -0.2) is 68.8 Å². The van der Waals surface area contributed by atoms with E-state index in [1.165, 1.54) is 6.08 Å². The fraction of sp³-hybridized carbons (Fsp3) is 0.644. The van der Waals surface area contributed by atoms with E-state index in [0.717, 1.165) is 12.0 Å². The molecule has 1 aromatic carbocycles. The zero-order chi connectivity index (χ0) is 40.8. The summed E-state index contributed by atoms with van der Waals surface area (Å²) in [6.45, 7) is 16.1. The van der Waals surface area contributed by atoms with E-state index in [4.69, 9.17) is 11.5 Å². The molecule has 0 radical (unpaired) electrons. The molecule has 11 atom stereocenters. The Bertz CT molecular complexity index is 1760. The van der Waals surface area contributed by atoms with E-state index in [-0.39, 0.29) is 60.2 Å². The second kappa shape index (κ2) is 15.7. The Morgan fingerprint density at radius 2 is 1.69 bits per heavy atom. The summed E-state index contributed by atoms with van der Waals surface area (Å²) in [5, 5.41) is 47.0. The van der Waals surface area contributed by atoms with E-state index in [2.05, 4.69) is 25.8 Å². The number of aliphatic hydroxyl groups excluding tert-OH is 3. The van der Waals surface area contributed by atoms with Gasteiger partial charge in [0.2, 0.25) is 0 Å². The third-order valence-electron chi connectivity index (χ3n) is 14.9. The van der Waals surface area contributed by atoms with Crippen LogP contribution in [0.1, 0.15) is 106 Å². The van der Waals surface area contributed by atoms with Crippen LogP contribution in [-0.2, 0) is 14.4 Å². The van der Waals surface area contributed by atoms with E-state index in [1.807, 2.05) is 77.1 Å². The van der Waals surface area contributed by atoms with E-state index in [9.17, 15) is 34.8 Å². The number of aliphatic carboxylic acids is 1. The summed E-state index contributed by atoms with van der Waals surface area (Å²) in [7, 11) is 0. The first-order valence-corrected chi connectivity index (χ1v) is 20.2. The zero-order valence-corrected chi connectivity index (χ0v) is 34.1. The molecule has 5 rings (SSSR count). The van der Waals surface area contributed by atoms with Gasteiger partial charge in [0, 0.05) is 58.6 Å². The van der Waals surface area contributed by atoms with Crippen molar-refractivity contribution < 1.29 is 34.8 Å². The standard InChI is InChI=1S/C45H65N3O7/c1-25(2)13-12-16-28(40(54)55)21-32(49)30(24-48-41(46)47)26(3)31-22-35(52)45(8)37-36(33(50)23-44(31,45)7)43(6)20-19-34(51)42(4,5)39(43)29(38(37)53)18-17-27-14-10-9-11-15-27/h9-11,14-15,17-18,21,25-26,29-32,35,38-39,49,52-53H,12-13,16,19-20,22-24H2,1-8H3,(H,54,55)(H4,46,47,48). The quantitative estimate of drug-likeness (QED) is 0.0784. The number of nitrogens with zero attached hydrogens (tertiary/aromatic N) is 1. The van der Waals surface area contributed by atoms with Crippen molar-refractivity contribution in [2.45, 2.75) is 119 Å². The minimum absolute atomic E-state index is 0.0131. The summed E-state index contributed by atoms with van der Waals surface area (Å²) in [5.74, 6) is -3.08. The summed E-state index contributed by atoms with van der Waals surface area (Å²) in [6.07, 6.45) is 5.07. The van der Waals surface area contributed by atoms with Crippen molar-refractivity contribution >= 4 is 29.6 Å². The van der Waals surface area contributed by atoms with Crippen LogP contribution in [0.3, 0.4) is 0 Å². The molecular weight excluding hydrogens is 695 g/mol. The van der Waals surface area contributed by atoms with Crippen LogP contribution >= 0.6 is 0 Å². The lowest BCUT2D eigenvalue weighted by molar-refractivity contribution is -0.151. The number of allylic oxidation sites excluding steroid dienone is 1. The molecule has 0 heterocycles. The van der Waals surface area contributed by atoms with Gasteiger partial charge in [-0.25, -0.2) is 4.79 Å². The van der Waals surface area contributed by atoms with Gasteiger partial charge in [-0.05, 0) is 72.0 Å². The number of benzene rings is 1. The van der Waals surface area contributed by atoms with E-state index < -0.39 is 57.8 Å². The van der Waals surface area contributed by atoms with Crippen LogP contribution in [0.5, 0.6) is 0 Å². The Balaban J connectivity index is 1.62. The highest BCUT2D eigenvalue weighted by Crippen LogP contribution is 2.72. The monoisotopic (exact) mass is 759 g/mol. The van der Waals surface area contributed by atoms with Crippen LogP contribution in [0.2, 0.25) is 0 Å². The highest BCUT2D eigenvalue weighted by Gasteiger charge is 2.71. The Labute approximate surface area is 327 Å². The molecule has 11 unspecified atom stereocenters. The third-order valence-corrected chi connectivity index (χ3v) is 14.9. The number of carboxylic acids is 1. The number of rotatable bonds is 13. The van der Waals surface area contributed by atoms with Gasteiger partial charge in [0.15, 0.2) is 11.7 Å². The van der Waals surface area contributed by atoms with Crippen LogP contribution in [0.15, 0.2) is 64.2 Å². The number of Topliss-reactive ketones (excluding diaryl/α,β-unsaturated/α-hetero) is 2. The first kappa shape index (κ1) is 42.5. The van der Waals surface area contributed by atoms with Gasteiger partial charge < -0.3 is 31.9 Å². The van der Waals surface area contributed by atoms with Gasteiger partial charge in [0.1, 0.15) is 5.78 Å². The van der Waals surface area contributed by atoms with Crippen LogP contribution < -0.4 is 11.5 Å². The number of carboxylic acid groups (broad SMARTS) is 1. The molecule has 55 heavy (non-hydrogen) atoms. The highest BCUT2D eigenvalue weighted by atomic mass is 16.4. The highest BCUT2D eigenvalue weighted by molar-refractivity contribution is 6.01. The molecule has 0 saturated heterocycles. The summed E-state index contributed by atoms with van der Waals surface area (Å²) < 4.78 is 0. The molecule has 8 N–H and O–H groups in total. The molecule has 4 aliphatic rings. The number of carbonyl (C=O) groups excluding carboxylic acids is 2. The zero-order valence-electron chi connectivity index (χ0n) is 34.1. The Morgan fingerprint density at radius 1 is 1.04 bits per heavy atom. The number of aliphatic hydroxyl groups is 3. The fourth-order valence-corrected chi connectivity index (χ4v) is 11.8. The molecule has 10 nitrogen and oxygen atoms in total. The van der Waals surface area contributed by atoms with Crippen molar-refractivity contribution in [2.24, 2.45) is 73.6 Å². The van der Waals surface area contributed by atoms with Crippen molar-refractivity contribution in [3.8, 4) is 0 Å². The fourth-order valence-electron chi connectivity index (χ4n) is 11.8. The second-order valence-electron chi connectivity index (χ2n) is 18.8. The molecule has 10 heteroatoms. The van der Waals surface area contributed by atoms with Gasteiger partial charge in [-0.3, -0.25) is 14.6 Å². The number of hydrogen-bond acceptors (Lipinski definition) is 7. The lowest BCUT2D eigenvalue weighted by Crippen LogP contribution is -2.63. The molecule has 0 amide bonds. The minimum Gasteiger partial charge on any atom is -0.478 e. The van der Waals surface area contributed by atoms with Gasteiger partial charge in [-0.2, -0.15) is 0 Å². The smallest absolute Gasteiger partial charge is 0.331 e. The molecule has 0 aromatic heterocycles. The average Bonchev–Trinajstić information content (AvgIpc) is 3.30. The predicted octanol–water partition coefficient (Wildman–Crippen LogP) is 6.09. The maximum absolute atomic E-state index is 14.9. The van der Waals surface area contributed by atoms with E-state index in [0.29, 0.717) is 42.7 Å². The van der Waals surface area contributed by atoms with Crippen molar-refractivity contribution in [3.05, 3.63) is 64.8 Å². The van der Waals surface area contributed by atoms with Crippen molar-refractivity contribution in [1.29, 1.82) is 0 Å². The maximum atomic E-state index is 14.9. The van der Waals surface area contributed by atoms with Crippen molar-refractivity contribution in [3.63, 3.8) is 0 Å². The second-order valence-corrected chi connectivity index (χ2v) is 18.8. The molecule has 0 aliphatic heterocycles. The number of carbonyl (C=O) groups is 3. The van der Waals surface area contributed by atoms with Crippen LogP contribution in [0, 0.1) is 57.2 Å². The molecule has 2 fully saturated rings. The summed E-state index contributed by atoms with van der Waals surface area (Å²) in [4.78, 5) is 45.1.